The highest BCUT2D eigenvalue weighted by molar-refractivity contribution is 6.31. The van der Waals surface area contributed by atoms with Crippen LogP contribution in [0.4, 0.5) is 5.69 Å². The molecular formula is C15H13N3O. The Kier molecular flexibility index (Phi) is 2.98. The van der Waals surface area contributed by atoms with Gasteiger partial charge in [-0.25, -0.2) is 0 Å². The van der Waals surface area contributed by atoms with Crippen molar-refractivity contribution >= 4 is 17.2 Å². The molecule has 1 amide bonds. The minimum absolute atomic E-state index is 0.0695. The zero-order valence-corrected chi connectivity index (χ0v) is 10.3. The first-order valence-electron chi connectivity index (χ1n) is 6.08. The first-order chi connectivity index (χ1) is 9.34. The molecule has 19 heavy (non-hydrogen) atoms. The molecule has 2 N–H and O–H groups in total. The summed E-state index contributed by atoms with van der Waals surface area (Å²) in [5.41, 5.74) is 3.54. The van der Waals surface area contributed by atoms with Crippen LogP contribution >= 0.6 is 0 Å². The van der Waals surface area contributed by atoms with E-state index in [4.69, 9.17) is 0 Å². The number of nitrogens with zero attached hydrogens (tertiary/aromatic N) is 1. The molecular weight excluding hydrogens is 238 g/mol. The van der Waals surface area contributed by atoms with E-state index in [9.17, 15) is 4.79 Å². The second-order valence-electron chi connectivity index (χ2n) is 4.30. The van der Waals surface area contributed by atoms with Gasteiger partial charge in [-0.15, -0.1) is 0 Å². The summed E-state index contributed by atoms with van der Waals surface area (Å²) in [7, 11) is 0. The molecule has 3 rings (SSSR count). The number of carbonyl (C=O) groups excluding carboxylic acids is 1. The highest BCUT2D eigenvalue weighted by Gasteiger charge is 2.22. The number of rotatable bonds is 3. The lowest BCUT2D eigenvalue weighted by molar-refractivity contribution is -0.110. The van der Waals surface area contributed by atoms with E-state index in [2.05, 4.69) is 15.6 Å². The van der Waals surface area contributed by atoms with Gasteiger partial charge in [0.15, 0.2) is 0 Å². The molecule has 0 saturated heterocycles. The van der Waals surface area contributed by atoms with E-state index in [0.29, 0.717) is 12.1 Å². The molecule has 1 aromatic carbocycles. The molecule has 0 radical (unpaired) electrons. The Morgan fingerprint density at radius 3 is 2.95 bits per heavy atom. The smallest absolute Gasteiger partial charge is 0.257 e. The molecule has 1 aliphatic rings. The monoisotopic (exact) mass is 251 g/mol. The fourth-order valence-corrected chi connectivity index (χ4v) is 2.06. The largest absolute Gasteiger partial charge is 0.386 e. The van der Waals surface area contributed by atoms with Crippen LogP contribution in [0, 0.1) is 0 Å². The van der Waals surface area contributed by atoms with Crippen LogP contribution in [0.25, 0.3) is 5.57 Å². The predicted octanol–water partition coefficient (Wildman–Crippen LogP) is 2.16. The van der Waals surface area contributed by atoms with E-state index < -0.39 is 0 Å². The molecule has 4 heteroatoms. The average Bonchev–Trinajstić information content (AvgIpc) is 2.76. The van der Waals surface area contributed by atoms with Gasteiger partial charge in [0.2, 0.25) is 0 Å². The molecule has 0 spiro atoms. The van der Waals surface area contributed by atoms with Gasteiger partial charge in [-0.2, -0.15) is 0 Å². The lowest BCUT2D eigenvalue weighted by atomic mass is 10.1. The summed E-state index contributed by atoms with van der Waals surface area (Å²) in [5.74, 6) is -0.0695. The second-order valence-corrected chi connectivity index (χ2v) is 4.30. The number of fused-ring (bicyclic) bond motifs is 1. The molecule has 0 unspecified atom stereocenters. The Morgan fingerprint density at radius 2 is 2.11 bits per heavy atom. The van der Waals surface area contributed by atoms with Gasteiger partial charge in [-0.3, -0.25) is 9.78 Å². The molecule has 0 aliphatic carbocycles. The quantitative estimate of drug-likeness (QED) is 0.822. The number of para-hydroxylation sites is 1. The lowest BCUT2D eigenvalue weighted by Crippen LogP contribution is -2.10. The summed E-state index contributed by atoms with van der Waals surface area (Å²) in [6, 6.07) is 11.5. The van der Waals surface area contributed by atoms with Crippen LogP contribution in [-0.4, -0.2) is 10.9 Å². The molecule has 0 bridgehead atoms. The third-order valence-corrected chi connectivity index (χ3v) is 2.99. The molecule has 1 aliphatic heterocycles. The standard InChI is InChI=1S/C15H13N3O/c19-15-13(12-5-1-2-6-14(12)18-15)10-17-9-11-4-3-7-16-8-11/h1-8,10,17H,9H2,(H,18,19)/b13-10-. The zero-order chi connectivity index (χ0) is 13.1. The minimum Gasteiger partial charge on any atom is -0.386 e. The van der Waals surface area contributed by atoms with Crippen LogP contribution in [0.2, 0.25) is 0 Å². The van der Waals surface area contributed by atoms with E-state index in [1.54, 1.807) is 18.6 Å². The highest BCUT2D eigenvalue weighted by Crippen LogP contribution is 2.30. The number of amides is 1. The normalized spacial score (nSPS) is 15.2. The van der Waals surface area contributed by atoms with Gasteiger partial charge < -0.3 is 10.6 Å². The number of hydrogen-bond donors (Lipinski definition) is 2. The Hall–Kier alpha value is -2.62. The topological polar surface area (TPSA) is 54.0 Å². The van der Waals surface area contributed by atoms with Crippen molar-refractivity contribution in [1.29, 1.82) is 0 Å². The van der Waals surface area contributed by atoms with Crippen molar-refractivity contribution in [3.63, 3.8) is 0 Å². The highest BCUT2D eigenvalue weighted by atomic mass is 16.2. The number of aromatic nitrogens is 1. The van der Waals surface area contributed by atoms with Gasteiger partial charge in [0.1, 0.15) is 0 Å². The predicted molar refractivity (Wildman–Crippen MR) is 74.1 cm³/mol. The fourth-order valence-electron chi connectivity index (χ4n) is 2.06. The molecule has 2 heterocycles. The molecule has 1 aromatic heterocycles. The Labute approximate surface area is 111 Å². The summed E-state index contributed by atoms with van der Waals surface area (Å²) in [4.78, 5) is 15.9. The van der Waals surface area contributed by atoms with Crippen molar-refractivity contribution in [2.45, 2.75) is 6.54 Å². The van der Waals surface area contributed by atoms with Crippen molar-refractivity contribution < 1.29 is 4.79 Å². The summed E-state index contributed by atoms with van der Waals surface area (Å²) in [6.45, 7) is 0.646. The molecule has 0 saturated carbocycles. The first-order valence-corrected chi connectivity index (χ1v) is 6.08. The maximum atomic E-state index is 11.8. The molecule has 0 fully saturated rings. The third-order valence-electron chi connectivity index (χ3n) is 2.99. The van der Waals surface area contributed by atoms with E-state index in [1.807, 2.05) is 36.4 Å². The SMILES string of the molecule is O=C1Nc2ccccc2/C1=C/NCc1cccnc1. The molecule has 0 atom stereocenters. The Morgan fingerprint density at radius 1 is 1.21 bits per heavy atom. The van der Waals surface area contributed by atoms with Gasteiger partial charge in [0, 0.05) is 36.4 Å². The van der Waals surface area contributed by atoms with Gasteiger partial charge in [-0.1, -0.05) is 24.3 Å². The lowest BCUT2D eigenvalue weighted by Gasteiger charge is -2.02. The number of carbonyl (C=O) groups is 1. The van der Waals surface area contributed by atoms with E-state index in [0.717, 1.165) is 16.8 Å². The van der Waals surface area contributed by atoms with Crippen molar-refractivity contribution in [2.24, 2.45) is 0 Å². The van der Waals surface area contributed by atoms with Crippen LogP contribution in [0.5, 0.6) is 0 Å². The van der Waals surface area contributed by atoms with Crippen molar-refractivity contribution in [3.8, 4) is 0 Å². The molecule has 94 valence electrons. The van der Waals surface area contributed by atoms with Crippen LogP contribution < -0.4 is 10.6 Å². The fraction of sp³-hybridized carbons (Fsp3) is 0.0667. The molecule has 2 aromatic rings. The van der Waals surface area contributed by atoms with Gasteiger partial charge in [-0.05, 0) is 17.7 Å². The maximum Gasteiger partial charge on any atom is 0.257 e. The minimum atomic E-state index is -0.0695. The van der Waals surface area contributed by atoms with Crippen LogP contribution in [0.15, 0.2) is 55.0 Å². The van der Waals surface area contributed by atoms with E-state index in [1.165, 1.54) is 0 Å². The van der Waals surface area contributed by atoms with Crippen molar-refractivity contribution in [3.05, 3.63) is 66.1 Å². The maximum absolute atomic E-state index is 11.8. The summed E-state index contributed by atoms with van der Waals surface area (Å²) in [6.07, 6.45) is 5.30. The number of benzene rings is 1. The summed E-state index contributed by atoms with van der Waals surface area (Å²) in [5, 5.41) is 5.99. The molecule has 4 nitrogen and oxygen atoms in total. The number of anilines is 1. The van der Waals surface area contributed by atoms with Gasteiger partial charge >= 0.3 is 0 Å². The third kappa shape index (κ3) is 2.33. The number of nitrogens with one attached hydrogen (secondary N) is 2. The summed E-state index contributed by atoms with van der Waals surface area (Å²) < 4.78 is 0. The first kappa shape index (κ1) is 11.5. The second kappa shape index (κ2) is 4.94. The van der Waals surface area contributed by atoms with E-state index in [-0.39, 0.29) is 5.91 Å². The summed E-state index contributed by atoms with van der Waals surface area (Å²) >= 11 is 0. The average molecular weight is 251 g/mol. The Balaban J connectivity index is 1.76. The van der Waals surface area contributed by atoms with Gasteiger partial charge in [0.25, 0.3) is 5.91 Å². The van der Waals surface area contributed by atoms with Crippen molar-refractivity contribution in [1.82, 2.24) is 10.3 Å². The Bertz CT molecular complexity index is 635. The van der Waals surface area contributed by atoms with Crippen LogP contribution in [-0.2, 0) is 11.3 Å². The zero-order valence-electron chi connectivity index (χ0n) is 10.3. The van der Waals surface area contributed by atoms with Crippen molar-refractivity contribution in [2.75, 3.05) is 5.32 Å². The number of hydrogen-bond acceptors (Lipinski definition) is 3. The van der Waals surface area contributed by atoms with Crippen LogP contribution in [0.1, 0.15) is 11.1 Å². The van der Waals surface area contributed by atoms with Crippen LogP contribution in [0.3, 0.4) is 0 Å². The number of pyridine rings is 1. The van der Waals surface area contributed by atoms with E-state index >= 15 is 0 Å². The van der Waals surface area contributed by atoms with Gasteiger partial charge in [0.05, 0.1) is 5.57 Å².